The Morgan fingerprint density at radius 1 is 0.960 bits per heavy atom. The van der Waals surface area contributed by atoms with Crippen molar-refractivity contribution in [3.63, 3.8) is 0 Å². The summed E-state index contributed by atoms with van der Waals surface area (Å²) in [4.78, 5) is 35.6. The minimum Gasteiger partial charge on any atom is -0.445 e. The molecule has 0 spiro atoms. The highest BCUT2D eigenvalue weighted by Crippen LogP contribution is 2.01. The van der Waals surface area contributed by atoms with E-state index in [1.807, 2.05) is 36.4 Å². The predicted molar refractivity (Wildman–Crippen MR) is 93.0 cm³/mol. The average Bonchev–Trinajstić information content (AvgIpc) is 2.65. The fraction of sp³-hybridized carbons (Fsp3) is 0.211. The van der Waals surface area contributed by atoms with Crippen LogP contribution in [0.25, 0.3) is 0 Å². The van der Waals surface area contributed by atoms with Crippen molar-refractivity contribution >= 4 is 17.8 Å². The lowest BCUT2D eigenvalue weighted by Gasteiger charge is -2.14. The number of benzene rings is 2. The van der Waals surface area contributed by atoms with Crippen LogP contribution in [0.5, 0.6) is 0 Å². The third-order valence-corrected chi connectivity index (χ3v) is 3.46. The molecule has 6 nitrogen and oxygen atoms in total. The molecule has 0 heterocycles. The Morgan fingerprint density at radius 3 is 2.20 bits per heavy atom. The van der Waals surface area contributed by atoms with Crippen molar-refractivity contribution in [1.82, 2.24) is 10.6 Å². The number of ketones is 1. The van der Waals surface area contributed by atoms with E-state index in [1.54, 1.807) is 24.3 Å². The molecule has 0 fully saturated rings. The third-order valence-electron chi connectivity index (χ3n) is 3.46. The Labute approximate surface area is 146 Å². The summed E-state index contributed by atoms with van der Waals surface area (Å²) in [5, 5.41) is 4.93. The number of rotatable bonds is 7. The number of ether oxygens (including phenoxy) is 1. The molecule has 0 saturated heterocycles. The van der Waals surface area contributed by atoms with Crippen LogP contribution in [-0.2, 0) is 16.1 Å². The van der Waals surface area contributed by atoms with E-state index >= 15 is 0 Å². The van der Waals surface area contributed by atoms with Gasteiger partial charge in [0.2, 0.25) is 5.91 Å². The van der Waals surface area contributed by atoms with Crippen molar-refractivity contribution < 1.29 is 19.1 Å². The Balaban J connectivity index is 1.72. The molecule has 2 rings (SSSR count). The molecule has 0 bridgehead atoms. The Kier molecular flexibility index (Phi) is 6.71. The summed E-state index contributed by atoms with van der Waals surface area (Å²) in [6, 6.07) is 17.1. The number of alkyl carbamates (subject to hydrolysis) is 1. The zero-order chi connectivity index (χ0) is 18.1. The van der Waals surface area contributed by atoms with Crippen LogP contribution in [0.4, 0.5) is 4.79 Å². The first-order valence-electron chi connectivity index (χ1n) is 7.89. The molecular formula is C19H20N2O4. The van der Waals surface area contributed by atoms with Crippen LogP contribution < -0.4 is 10.6 Å². The highest BCUT2D eigenvalue weighted by Gasteiger charge is 2.17. The Bertz CT molecular complexity index is 717. The molecule has 0 aliphatic carbocycles. The van der Waals surface area contributed by atoms with Crippen LogP contribution in [0.2, 0.25) is 0 Å². The van der Waals surface area contributed by atoms with Gasteiger partial charge in [-0.05, 0) is 12.5 Å². The first-order valence-corrected chi connectivity index (χ1v) is 7.89. The van der Waals surface area contributed by atoms with E-state index in [0.29, 0.717) is 5.56 Å². The molecule has 2 N–H and O–H groups in total. The molecule has 2 aromatic rings. The molecule has 130 valence electrons. The van der Waals surface area contributed by atoms with Crippen molar-refractivity contribution in [2.45, 2.75) is 19.6 Å². The minimum atomic E-state index is -0.813. The Morgan fingerprint density at radius 2 is 1.56 bits per heavy atom. The van der Waals surface area contributed by atoms with Gasteiger partial charge >= 0.3 is 6.09 Å². The average molecular weight is 340 g/mol. The monoisotopic (exact) mass is 340 g/mol. The number of hydrogen-bond acceptors (Lipinski definition) is 4. The van der Waals surface area contributed by atoms with Crippen LogP contribution in [0.15, 0.2) is 60.7 Å². The van der Waals surface area contributed by atoms with Crippen molar-refractivity contribution in [1.29, 1.82) is 0 Å². The van der Waals surface area contributed by atoms with Crippen LogP contribution in [0.1, 0.15) is 22.8 Å². The summed E-state index contributed by atoms with van der Waals surface area (Å²) in [6.07, 6.45) is -0.694. The van der Waals surface area contributed by atoms with E-state index in [1.165, 1.54) is 6.92 Å². The third kappa shape index (κ3) is 6.10. The normalized spacial score (nSPS) is 11.2. The maximum atomic E-state index is 12.0. The lowest BCUT2D eigenvalue weighted by atomic mass is 10.1. The molecule has 1 unspecified atom stereocenters. The topological polar surface area (TPSA) is 84.5 Å². The second-order valence-electron chi connectivity index (χ2n) is 5.43. The van der Waals surface area contributed by atoms with Gasteiger partial charge in [0.05, 0.1) is 6.54 Å². The molecule has 0 radical (unpaired) electrons. The minimum absolute atomic E-state index is 0.119. The predicted octanol–water partition coefficient (Wildman–Crippen LogP) is 2.30. The van der Waals surface area contributed by atoms with Gasteiger partial charge in [-0.3, -0.25) is 9.59 Å². The molecule has 0 aliphatic rings. The highest BCUT2D eigenvalue weighted by molar-refractivity contribution is 5.99. The summed E-state index contributed by atoms with van der Waals surface area (Å²) in [6.45, 7) is 1.51. The molecule has 0 aromatic heterocycles. The summed E-state index contributed by atoms with van der Waals surface area (Å²) in [5.74, 6) is -0.659. The van der Waals surface area contributed by atoms with E-state index in [0.717, 1.165) is 5.56 Å². The molecule has 0 aliphatic heterocycles. The van der Waals surface area contributed by atoms with Gasteiger partial charge in [-0.1, -0.05) is 60.7 Å². The number of amides is 2. The molecule has 2 amide bonds. The highest BCUT2D eigenvalue weighted by atomic mass is 16.5. The van der Waals surface area contributed by atoms with Crippen LogP contribution in [0.3, 0.4) is 0 Å². The van der Waals surface area contributed by atoms with Gasteiger partial charge in [-0.2, -0.15) is 0 Å². The number of carbonyl (C=O) groups is 3. The largest absolute Gasteiger partial charge is 0.445 e. The summed E-state index contributed by atoms with van der Waals surface area (Å²) in [5.41, 5.74) is 1.37. The van der Waals surface area contributed by atoms with Crippen molar-refractivity contribution in [3.8, 4) is 0 Å². The van der Waals surface area contributed by atoms with Crippen LogP contribution in [0, 0.1) is 0 Å². The smallest absolute Gasteiger partial charge is 0.408 e. The number of Topliss-reactive ketones (excluding diaryl/α,β-unsaturated/α-hetero) is 1. The van der Waals surface area contributed by atoms with E-state index in [2.05, 4.69) is 10.6 Å². The van der Waals surface area contributed by atoms with Gasteiger partial charge in [-0.15, -0.1) is 0 Å². The van der Waals surface area contributed by atoms with Crippen molar-refractivity contribution in [2.24, 2.45) is 0 Å². The van der Waals surface area contributed by atoms with Crippen LogP contribution >= 0.6 is 0 Å². The zero-order valence-electron chi connectivity index (χ0n) is 13.9. The maximum Gasteiger partial charge on any atom is 0.408 e. The van der Waals surface area contributed by atoms with Crippen LogP contribution in [-0.4, -0.2) is 30.4 Å². The second-order valence-corrected chi connectivity index (χ2v) is 5.43. The van der Waals surface area contributed by atoms with E-state index in [4.69, 9.17) is 4.74 Å². The van der Waals surface area contributed by atoms with E-state index in [9.17, 15) is 14.4 Å². The lowest BCUT2D eigenvalue weighted by molar-refractivity contribution is -0.122. The fourth-order valence-electron chi connectivity index (χ4n) is 2.05. The summed E-state index contributed by atoms with van der Waals surface area (Å²) in [7, 11) is 0. The standard InChI is InChI=1S/C19H20N2O4/c1-14(21-19(24)25-13-15-8-4-2-5-9-15)18(23)20-12-17(22)16-10-6-3-7-11-16/h2-11,14H,12-13H2,1H3,(H,20,23)(H,21,24). The zero-order valence-corrected chi connectivity index (χ0v) is 13.9. The first-order chi connectivity index (χ1) is 12.1. The SMILES string of the molecule is CC(NC(=O)OCc1ccccc1)C(=O)NCC(=O)c1ccccc1. The van der Waals surface area contributed by atoms with Gasteiger partial charge in [0.15, 0.2) is 5.78 Å². The van der Waals surface area contributed by atoms with Gasteiger partial charge in [0.25, 0.3) is 0 Å². The molecule has 6 heteroatoms. The van der Waals surface area contributed by atoms with Crippen molar-refractivity contribution in [3.05, 3.63) is 71.8 Å². The maximum absolute atomic E-state index is 12.0. The first kappa shape index (κ1) is 18.2. The second kappa shape index (κ2) is 9.22. The van der Waals surface area contributed by atoms with E-state index < -0.39 is 18.0 Å². The number of hydrogen-bond donors (Lipinski definition) is 2. The molecule has 0 saturated carbocycles. The molecule has 2 aromatic carbocycles. The Hall–Kier alpha value is -3.15. The summed E-state index contributed by atoms with van der Waals surface area (Å²) < 4.78 is 5.05. The quantitative estimate of drug-likeness (QED) is 0.758. The van der Waals surface area contributed by atoms with Crippen molar-refractivity contribution in [2.75, 3.05) is 6.54 Å². The van der Waals surface area contributed by atoms with Gasteiger partial charge in [0, 0.05) is 5.56 Å². The number of carbonyl (C=O) groups excluding carboxylic acids is 3. The molecular weight excluding hydrogens is 320 g/mol. The van der Waals surface area contributed by atoms with Gasteiger partial charge in [0.1, 0.15) is 12.6 Å². The lowest BCUT2D eigenvalue weighted by Crippen LogP contribution is -2.46. The van der Waals surface area contributed by atoms with E-state index in [-0.39, 0.29) is 18.9 Å². The molecule has 25 heavy (non-hydrogen) atoms. The van der Waals surface area contributed by atoms with Gasteiger partial charge < -0.3 is 15.4 Å². The fourth-order valence-corrected chi connectivity index (χ4v) is 2.05. The summed E-state index contributed by atoms with van der Waals surface area (Å²) >= 11 is 0. The molecule has 1 atom stereocenters. The van der Waals surface area contributed by atoms with Gasteiger partial charge in [-0.25, -0.2) is 4.79 Å². The number of nitrogens with one attached hydrogen (secondary N) is 2.